The van der Waals surface area contributed by atoms with Crippen molar-refractivity contribution in [2.75, 3.05) is 7.05 Å². The van der Waals surface area contributed by atoms with Crippen LogP contribution in [-0.2, 0) is 19.6 Å². The summed E-state index contributed by atoms with van der Waals surface area (Å²) >= 11 is 0. The first-order valence-electron chi connectivity index (χ1n) is 10.6. The third-order valence-corrected chi connectivity index (χ3v) is 5.60. The van der Waals surface area contributed by atoms with E-state index in [1.807, 2.05) is 61.4 Å². The van der Waals surface area contributed by atoms with Crippen LogP contribution in [0.3, 0.4) is 0 Å². The fraction of sp³-hybridized carbons (Fsp3) is 0.333. The second-order valence-electron chi connectivity index (χ2n) is 7.82. The first-order valence-corrected chi connectivity index (χ1v) is 10.6. The summed E-state index contributed by atoms with van der Waals surface area (Å²) in [6, 6.07) is 12.1. The molecule has 4 aromatic rings. The summed E-state index contributed by atoms with van der Waals surface area (Å²) in [5.74, 6) is -0.0524. The van der Waals surface area contributed by atoms with Gasteiger partial charge < -0.3 is 4.90 Å². The number of benzene rings is 1. The number of hydrogen-bond donors (Lipinski definition) is 0. The van der Waals surface area contributed by atoms with Crippen LogP contribution >= 0.6 is 0 Å². The largest absolute Gasteiger partial charge is 0.336 e. The molecule has 0 unspecified atom stereocenters. The monoisotopic (exact) mass is 416 g/mol. The van der Waals surface area contributed by atoms with Crippen molar-refractivity contribution in [2.45, 2.75) is 47.3 Å². The standard InChI is InChI=1S/C24H28N6O/c1-6-29-19(12-13-25-29)15-28(5)24(31)20-14-21(18-10-8-16(3)9-11-18)26-23-22(20)17(4)27-30(23)7-2/h8-14H,6-7,15H2,1-5H3. The van der Waals surface area contributed by atoms with E-state index in [-0.39, 0.29) is 5.91 Å². The molecule has 0 atom stereocenters. The Balaban J connectivity index is 1.82. The Bertz CT molecular complexity index is 1240. The predicted octanol–water partition coefficient (Wildman–Crippen LogP) is 4.22. The summed E-state index contributed by atoms with van der Waals surface area (Å²) in [6.07, 6.45) is 1.77. The molecule has 160 valence electrons. The molecule has 0 fully saturated rings. The maximum Gasteiger partial charge on any atom is 0.254 e. The van der Waals surface area contributed by atoms with Gasteiger partial charge in [-0.3, -0.25) is 9.48 Å². The third-order valence-electron chi connectivity index (χ3n) is 5.60. The van der Waals surface area contributed by atoms with Crippen LogP contribution in [0, 0.1) is 13.8 Å². The van der Waals surface area contributed by atoms with Crippen molar-refractivity contribution in [2.24, 2.45) is 0 Å². The molecule has 4 rings (SSSR count). The predicted molar refractivity (Wildman–Crippen MR) is 122 cm³/mol. The van der Waals surface area contributed by atoms with Crippen molar-refractivity contribution in [3.8, 4) is 11.3 Å². The molecule has 0 N–H and O–H groups in total. The molecule has 3 heterocycles. The van der Waals surface area contributed by atoms with Gasteiger partial charge in [0.05, 0.1) is 34.6 Å². The van der Waals surface area contributed by atoms with Crippen LogP contribution in [0.5, 0.6) is 0 Å². The number of pyridine rings is 1. The fourth-order valence-electron chi connectivity index (χ4n) is 3.91. The molecule has 0 saturated heterocycles. The lowest BCUT2D eigenvalue weighted by atomic mass is 10.0. The van der Waals surface area contributed by atoms with Crippen molar-refractivity contribution in [3.63, 3.8) is 0 Å². The summed E-state index contributed by atoms with van der Waals surface area (Å²) in [7, 11) is 1.83. The van der Waals surface area contributed by atoms with Gasteiger partial charge in [0.1, 0.15) is 0 Å². The Labute approximate surface area is 182 Å². The number of carbonyl (C=O) groups is 1. The molecular weight excluding hydrogens is 388 g/mol. The summed E-state index contributed by atoms with van der Waals surface area (Å²) in [5, 5.41) is 9.76. The lowest BCUT2D eigenvalue weighted by Gasteiger charge is -2.19. The van der Waals surface area contributed by atoms with Gasteiger partial charge >= 0.3 is 0 Å². The van der Waals surface area contributed by atoms with E-state index in [4.69, 9.17) is 4.98 Å². The van der Waals surface area contributed by atoms with Crippen molar-refractivity contribution >= 4 is 16.9 Å². The Hall–Kier alpha value is -3.48. The molecule has 3 aromatic heterocycles. The highest BCUT2D eigenvalue weighted by molar-refractivity contribution is 6.07. The van der Waals surface area contributed by atoms with Crippen molar-refractivity contribution in [1.82, 2.24) is 29.4 Å². The molecule has 1 aromatic carbocycles. The zero-order chi connectivity index (χ0) is 22.1. The molecule has 0 aliphatic rings. The highest BCUT2D eigenvalue weighted by atomic mass is 16.2. The van der Waals surface area contributed by atoms with Gasteiger partial charge in [0.15, 0.2) is 5.65 Å². The molecular formula is C24H28N6O. The molecule has 0 spiro atoms. The lowest BCUT2D eigenvalue weighted by molar-refractivity contribution is 0.0783. The highest BCUT2D eigenvalue weighted by Crippen LogP contribution is 2.28. The number of aryl methyl sites for hydroxylation is 4. The maximum atomic E-state index is 13.6. The van der Waals surface area contributed by atoms with E-state index >= 15 is 0 Å². The minimum absolute atomic E-state index is 0.0524. The number of aromatic nitrogens is 5. The van der Waals surface area contributed by atoms with Crippen LogP contribution in [0.15, 0.2) is 42.6 Å². The number of hydrogen-bond acceptors (Lipinski definition) is 4. The first-order chi connectivity index (χ1) is 14.9. The molecule has 0 saturated carbocycles. The Kier molecular flexibility index (Phi) is 5.59. The lowest BCUT2D eigenvalue weighted by Crippen LogP contribution is -2.28. The molecule has 7 heteroatoms. The number of carbonyl (C=O) groups excluding carboxylic acids is 1. The second-order valence-corrected chi connectivity index (χ2v) is 7.82. The van der Waals surface area contributed by atoms with Gasteiger partial charge in [-0.2, -0.15) is 10.2 Å². The average molecular weight is 417 g/mol. The van der Waals surface area contributed by atoms with E-state index in [0.29, 0.717) is 18.7 Å². The number of fused-ring (bicyclic) bond motifs is 1. The van der Waals surface area contributed by atoms with Crippen LogP contribution in [0.2, 0.25) is 0 Å². The molecule has 0 aliphatic heterocycles. The van der Waals surface area contributed by atoms with Crippen molar-refractivity contribution in [3.05, 3.63) is 65.1 Å². The zero-order valence-electron chi connectivity index (χ0n) is 18.8. The molecule has 0 aliphatic carbocycles. The maximum absolute atomic E-state index is 13.6. The molecule has 1 amide bonds. The molecule has 0 bridgehead atoms. The first kappa shape index (κ1) is 20.8. The van der Waals surface area contributed by atoms with E-state index < -0.39 is 0 Å². The van der Waals surface area contributed by atoms with Gasteiger partial charge in [0.25, 0.3) is 5.91 Å². The SMILES string of the molecule is CCn1nccc1CN(C)C(=O)c1cc(-c2ccc(C)cc2)nc2c1c(C)nn2CC. The minimum Gasteiger partial charge on any atom is -0.336 e. The zero-order valence-corrected chi connectivity index (χ0v) is 18.8. The third kappa shape index (κ3) is 3.83. The van der Waals surface area contributed by atoms with Gasteiger partial charge in [0.2, 0.25) is 0 Å². The van der Waals surface area contributed by atoms with Crippen LogP contribution in [0.25, 0.3) is 22.3 Å². The van der Waals surface area contributed by atoms with Gasteiger partial charge in [0, 0.05) is 31.9 Å². The fourth-order valence-corrected chi connectivity index (χ4v) is 3.91. The number of nitrogens with zero attached hydrogens (tertiary/aromatic N) is 6. The summed E-state index contributed by atoms with van der Waals surface area (Å²) in [4.78, 5) is 20.2. The van der Waals surface area contributed by atoms with Gasteiger partial charge in [-0.1, -0.05) is 29.8 Å². The quantitative estimate of drug-likeness (QED) is 0.472. The van der Waals surface area contributed by atoms with Gasteiger partial charge in [-0.25, -0.2) is 9.67 Å². The van der Waals surface area contributed by atoms with E-state index in [1.165, 1.54) is 5.56 Å². The van der Waals surface area contributed by atoms with E-state index in [2.05, 4.69) is 29.3 Å². The van der Waals surface area contributed by atoms with Crippen LogP contribution < -0.4 is 0 Å². The minimum atomic E-state index is -0.0524. The van der Waals surface area contributed by atoms with E-state index in [1.54, 1.807) is 11.1 Å². The van der Waals surface area contributed by atoms with Gasteiger partial charge in [-0.05, 0) is 39.8 Å². The Morgan fingerprint density at radius 2 is 1.74 bits per heavy atom. The topological polar surface area (TPSA) is 68.8 Å². The van der Waals surface area contributed by atoms with E-state index in [0.717, 1.165) is 40.2 Å². The van der Waals surface area contributed by atoms with Crippen molar-refractivity contribution in [1.29, 1.82) is 0 Å². The van der Waals surface area contributed by atoms with E-state index in [9.17, 15) is 4.79 Å². The normalized spacial score (nSPS) is 11.3. The van der Waals surface area contributed by atoms with Crippen molar-refractivity contribution < 1.29 is 4.79 Å². The molecule has 31 heavy (non-hydrogen) atoms. The van der Waals surface area contributed by atoms with Crippen LogP contribution in [0.4, 0.5) is 0 Å². The Morgan fingerprint density at radius 3 is 2.42 bits per heavy atom. The number of rotatable bonds is 6. The Morgan fingerprint density at radius 1 is 1.03 bits per heavy atom. The van der Waals surface area contributed by atoms with Crippen LogP contribution in [0.1, 0.15) is 41.2 Å². The second kappa shape index (κ2) is 8.34. The summed E-state index contributed by atoms with van der Waals surface area (Å²) < 4.78 is 3.77. The van der Waals surface area contributed by atoms with Gasteiger partial charge in [-0.15, -0.1) is 0 Å². The smallest absolute Gasteiger partial charge is 0.254 e. The molecule has 7 nitrogen and oxygen atoms in total. The summed E-state index contributed by atoms with van der Waals surface area (Å²) in [5.41, 5.74) is 6.13. The summed E-state index contributed by atoms with van der Waals surface area (Å²) in [6.45, 7) is 10.0. The molecule has 0 radical (unpaired) electrons. The highest BCUT2D eigenvalue weighted by Gasteiger charge is 2.22. The average Bonchev–Trinajstić information content (AvgIpc) is 3.36. The number of amides is 1. The van der Waals surface area contributed by atoms with Crippen LogP contribution in [-0.4, -0.2) is 42.4 Å².